The van der Waals surface area contributed by atoms with Crippen LogP contribution in [0.25, 0.3) is 11.4 Å². The van der Waals surface area contributed by atoms with Gasteiger partial charge in [-0.2, -0.15) is 0 Å². The number of hydrogen-bond donors (Lipinski definition) is 2. The summed E-state index contributed by atoms with van der Waals surface area (Å²) in [5.41, 5.74) is 3.04. The maximum atomic E-state index is 4.28. The standard InChI is InChI=1S/C11H14N4/c1-3-12-11-8(2)10(14-7-15-11)9-5-4-6-13-9/h4-7,13H,3H2,1-2H3,(H,12,14,15). The Morgan fingerprint density at radius 3 is 2.93 bits per heavy atom. The molecule has 0 aliphatic heterocycles. The van der Waals surface area contributed by atoms with Crippen LogP contribution in [0.4, 0.5) is 5.82 Å². The molecule has 4 nitrogen and oxygen atoms in total. The highest BCUT2D eigenvalue weighted by molar-refractivity contribution is 5.64. The lowest BCUT2D eigenvalue weighted by atomic mass is 10.2. The van der Waals surface area contributed by atoms with E-state index in [2.05, 4.69) is 27.2 Å². The molecule has 15 heavy (non-hydrogen) atoms. The molecule has 78 valence electrons. The van der Waals surface area contributed by atoms with E-state index in [-0.39, 0.29) is 0 Å². The van der Waals surface area contributed by atoms with Crippen molar-refractivity contribution in [1.29, 1.82) is 0 Å². The van der Waals surface area contributed by atoms with Crippen molar-refractivity contribution in [2.24, 2.45) is 0 Å². The van der Waals surface area contributed by atoms with Gasteiger partial charge in [-0.25, -0.2) is 9.97 Å². The fourth-order valence-corrected chi connectivity index (χ4v) is 1.54. The van der Waals surface area contributed by atoms with E-state index in [1.54, 1.807) is 6.33 Å². The first-order chi connectivity index (χ1) is 7.33. The Morgan fingerprint density at radius 1 is 1.40 bits per heavy atom. The van der Waals surface area contributed by atoms with Crippen molar-refractivity contribution >= 4 is 5.82 Å². The van der Waals surface area contributed by atoms with Gasteiger partial charge in [-0.15, -0.1) is 0 Å². The summed E-state index contributed by atoms with van der Waals surface area (Å²) in [6.45, 7) is 4.94. The van der Waals surface area contributed by atoms with Gasteiger partial charge in [0.25, 0.3) is 0 Å². The predicted molar refractivity (Wildman–Crippen MR) is 60.7 cm³/mol. The largest absolute Gasteiger partial charge is 0.370 e. The van der Waals surface area contributed by atoms with Gasteiger partial charge < -0.3 is 10.3 Å². The van der Waals surface area contributed by atoms with Crippen molar-refractivity contribution in [3.8, 4) is 11.4 Å². The highest BCUT2D eigenvalue weighted by Gasteiger charge is 2.08. The highest BCUT2D eigenvalue weighted by Crippen LogP contribution is 2.22. The number of H-pyrrole nitrogens is 1. The average Bonchev–Trinajstić information content (AvgIpc) is 2.74. The van der Waals surface area contributed by atoms with Crippen LogP contribution in [-0.4, -0.2) is 21.5 Å². The minimum Gasteiger partial charge on any atom is -0.370 e. The Bertz CT molecular complexity index is 434. The molecule has 0 radical (unpaired) electrons. The number of anilines is 1. The van der Waals surface area contributed by atoms with Crippen LogP contribution < -0.4 is 5.32 Å². The summed E-state index contributed by atoms with van der Waals surface area (Å²) < 4.78 is 0. The third-order valence-corrected chi connectivity index (χ3v) is 2.28. The van der Waals surface area contributed by atoms with E-state index >= 15 is 0 Å². The number of hydrogen-bond acceptors (Lipinski definition) is 3. The van der Waals surface area contributed by atoms with Crippen molar-refractivity contribution in [3.05, 3.63) is 30.2 Å². The summed E-state index contributed by atoms with van der Waals surface area (Å²) in [6, 6.07) is 3.97. The predicted octanol–water partition coefficient (Wildman–Crippen LogP) is 2.21. The molecule has 0 aromatic carbocycles. The van der Waals surface area contributed by atoms with Crippen molar-refractivity contribution in [2.45, 2.75) is 13.8 Å². The summed E-state index contributed by atoms with van der Waals surface area (Å²) in [5.74, 6) is 0.900. The summed E-state index contributed by atoms with van der Waals surface area (Å²) in [5, 5.41) is 3.21. The Labute approximate surface area is 88.8 Å². The van der Waals surface area contributed by atoms with Crippen LogP contribution in [0.5, 0.6) is 0 Å². The zero-order valence-corrected chi connectivity index (χ0v) is 8.91. The van der Waals surface area contributed by atoms with Crippen molar-refractivity contribution in [1.82, 2.24) is 15.0 Å². The molecule has 2 aromatic rings. The molecule has 0 amide bonds. The van der Waals surface area contributed by atoms with E-state index in [9.17, 15) is 0 Å². The fraction of sp³-hybridized carbons (Fsp3) is 0.273. The van der Waals surface area contributed by atoms with Gasteiger partial charge in [0.05, 0.1) is 11.4 Å². The van der Waals surface area contributed by atoms with Crippen LogP contribution in [0, 0.1) is 6.92 Å². The zero-order chi connectivity index (χ0) is 10.7. The van der Waals surface area contributed by atoms with E-state index in [1.165, 1.54) is 0 Å². The molecular formula is C11H14N4. The number of aromatic nitrogens is 3. The van der Waals surface area contributed by atoms with Gasteiger partial charge >= 0.3 is 0 Å². The van der Waals surface area contributed by atoms with Gasteiger partial charge in [-0.1, -0.05) is 0 Å². The maximum Gasteiger partial charge on any atom is 0.132 e. The van der Waals surface area contributed by atoms with Crippen LogP contribution in [0.1, 0.15) is 12.5 Å². The number of aromatic amines is 1. The lowest BCUT2D eigenvalue weighted by Gasteiger charge is -2.08. The van der Waals surface area contributed by atoms with Crippen LogP contribution in [-0.2, 0) is 0 Å². The van der Waals surface area contributed by atoms with E-state index < -0.39 is 0 Å². The SMILES string of the molecule is CCNc1ncnc(-c2ccc[nH]2)c1C. The third kappa shape index (κ3) is 1.83. The van der Waals surface area contributed by atoms with Crippen LogP contribution in [0.3, 0.4) is 0 Å². The molecular weight excluding hydrogens is 188 g/mol. The van der Waals surface area contributed by atoms with Gasteiger partial charge in [0.15, 0.2) is 0 Å². The summed E-state index contributed by atoms with van der Waals surface area (Å²) in [4.78, 5) is 11.6. The molecule has 4 heteroatoms. The van der Waals surface area contributed by atoms with E-state index in [0.29, 0.717) is 0 Å². The molecule has 2 N–H and O–H groups in total. The van der Waals surface area contributed by atoms with E-state index in [0.717, 1.165) is 29.3 Å². The molecule has 0 aliphatic carbocycles. The zero-order valence-electron chi connectivity index (χ0n) is 8.91. The normalized spacial score (nSPS) is 10.3. The molecule has 0 fully saturated rings. The molecule has 2 aromatic heterocycles. The fourth-order valence-electron chi connectivity index (χ4n) is 1.54. The lowest BCUT2D eigenvalue weighted by molar-refractivity contribution is 1.08. The van der Waals surface area contributed by atoms with Crippen molar-refractivity contribution in [3.63, 3.8) is 0 Å². The summed E-state index contributed by atoms with van der Waals surface area (Å²) in [6.07, 6.45) is 3.48. The first-order valence-electron chi connectivity index (χ1n) is 5.02. The minimum absolute atomic E-state index is 0.863. The maximum absolute atomic E-state index is 4.28. The third-order valence-electron chi connectivity index (χ3n) is 2.28. The van der Waals surface area contributed by atoms with Gasteiger partial charge in [-0.3, -0.25) is 0 Å². The molecule has 0 saturated heterocycles. The van der Waals surface area contributed by atoms with Crippen LogP contribution >= 0.6 is 0 Å². The summed E-state index contributed by atoms with van der Waals surface area (Å²) in [7, 11) is 0. The Morgan fingerprint density at radius 2 is 2.27 bits per heavy atom. The number of rotatable bonds is 3. The minimum atomic E-state index is 0.863. The first-order valence-corrected chi connectivity index (χ1v) is 5.02. The van der Waals surface area contributed by atoms with Gasteiger partial charge in [-0.05, 0) is 26.0 Å². The second-order valence-electron chi connectivity index (χ2n) is 3.31. The molecule has 2 rings (SSSR count). The Hall–Kier alpha value is -1.84. The van der Waals surface area contributed by atoms with Crippen LogP contribution in [0.2, 0.25) is 0 Å². The smallest absolute Gasteiger partial charge is 0.132 e. The van der Waals surface area contributed by atoms with Crippen molar-refractivity contribution in [2.75, 3.05) is 11.9 Å². The molecule has 0 bridgehead atoms. The van der Waals surface area contributed by atoms with Gasteiger partial charge in [0, 0.05) is 18.3 Å². The topological polar surface area (TPSA) is 53.6 Å². The van der Waals surface area contributed by atoms with Gasteiger partial charge in [0.1, 0.15) is 12.1 Å². The Balaban J connectivity index is 2.45. The number of nitrogens with zero attached hydrogens (tertiary/aromatic N) is 2. The second-order valence-corrected chi connectivity index (χ2v) is 3.31. The molecule has 0 unspecified atom stereocenters. The Kier molecular flexibility index (Phi) is 2.67. The van der Waals surface area contributed by atoms with Gasteiger partial charge in [0.2, 0.25) is 0 Å². The van der Waals surface area contributed by atoms with Crippen LogP contribution in [0.15, 0.2) is 24.7 Å². The van der Waals surface area contributed by atoms with E-state index in [4.69, 9.17) is 0 Å². The highest BCUT2D eigenvalue weighted by atomic mass is 15.0. The van der Waals surface area contributed by atoms with Crippen molar-refractivity contribution < 1.29 is 0 Å². The molecule has 0 aliphatic rings. The molecule has 0 spiro atoms. The summed E-state index contributed by atoms with van der Waals surface area (Å²) >= 11 is 0. The average molecular weight is 202 g/mol. The first kappa shape index (κ1) is 9.71. The second kappa shape index (κ2) is 4.13. The van der Waals surface area contributed by atoms with E-state index in [1.807, 2.05) is 25.3 Å². The molecule has 2 heterocycles. The molecule has 0 atom stereocenters. The monoisotopic (exact) mass is 202 g/mol. The quantitative estimate of drug-likeness (QED) is 0.802. The molecule has 0 saturated carbocycles. The number of nitrogens with one attached hydrogen (secondary N) is 2. The lowest BCUT2D eigenvalue weighted by Crippen LogP contribution is -2.03.